The van der Waals surface area contributed by atoms with Crippen molar-refractivity contribution in [3.05, 3.63) is 47.0 Å². The van der Waals surface area contributed by atoms with Gasteiger partial charge >= 0.3 is 0 Å². The first-order chi connectivity index (χ1) is 10.2. The van der Waals surface area contributed by atoms with E-state index in [4.69, 9.17) is 0 Å². The zero-order valence-corrected chi connectivity index (χ0v) is 12.9. The first-order valence-electron chi connectivity index (χ1n) is 6.73. The van der Waals surface area contributed by atoms with E-state index >= 15 is 0 Å². The number of anilines is 1. The standard InChI is InChI=1S/C15H19N3O2S/c1-16-15-17-12(10-21-15)14(20)18(2)13(8-9-19)11-6-4-3-5-7-11/h3-7,10,13,19H,8-9H2,1-2H3,(H,16,17)/t13-/m0/s1. The normalized spacial score (nSPS) is 12.0. The van der Waals surface area contributed by atoms with Crippen LogP contribution in [0.2, 0.25) is 0 Å². The van der Waals surface area contributed by atoms with E-state index in [0.29, 0.717) is 17.2 Å². The molecule has 0 aliphatic heterocycles. The van der Waals surface area contributed by atoms with Crippen LogP contribution in [0.4, 0.5) is 5.13 Å². The minimum Gasteiger partial charge on any atom is -0.396 e. The van der Waals surface area contributed by atoms with Gasteiger partial charge in [0.2, 0.25) is 0 Å². The van der Waals surface area contributed by atoms with Gasteiger partial charge in [0.25, 0.3) is 5.91 Å². The topological polar surface area (TPSA) is 65.5 Å². The second-order valence-corrected chi connectivity index (χ2v) is 5.50. The minimum absolute atomic E-state index is 0.0238. The van der Waals surface area contributed by atoms with Crippen LogP contribution < -0.4 is 5.32 Å². The molecule has 0 spiro atoms. The van der Waals surface area contributed by atoms with Crippen molar-refractivity contribution >= 4 is 22.4 Å². The van der Waals surface area contributed by atoms with Gasteiger partial charge in [-0.05, 0) is 12.0 Å². The molecule has 5 nitrogen and oxygen atoms in total. The summed E-state index contributed by atoms with van der Waals surface area (Å²) in [5.74, 6) is -0.143. The number of rotatable bonds is 6. The summed E-state index contributed by atoms with van der Waals surface area (Å²) < 4.78 is 0. The van der Waals surface area contributed by atoms with Gasteiger partial charge in [-0.1, -0.05) is 30.3 Å². The second kappa shape index (κ2) is 7.19. The molecular weight excluding hydrogens is 286 g/mol. The maximum atomic E-state index is 12.5. The molecule has 0 aliphatic rings. The maximum Gasteiger partial charge on any atom is 0.273 e. The number of carbonyl (C=O) groups is 1. The number of benzene rings is 1. The van der Waals surface area contributed by atoms with E-state index in [-0.39, 0.29) is 18.6 Å². The number of nitrogens with zero attached hydrogens (tertiary/aromatic N) is 2. The van der Waals surface area contributed by atoms with Gasteiger partial charge in [-0.2, -0.15) is 0 Å². The van der Waals surface area contributed by atoms with Crippen LogP contribution in [-0.2, 0) is 0 Å². The van der Waals surface area contributed by atoms with Crippen molar-refractivity contribution in [2.75, 3.05) is 26.0 Å². The van der Waals surface area contributed by atoms with Crippen molar-refractivity contribution in [3.63, 3.8) is 0 Å². The van der Waals surface area contributed by atoms with Crippen LogP contribution in [0.1, 0.15) is 28.5 Å². The van der Waals surface area contributed by atoms with Crippen LogP contribution in [0.3, 0.4) is 0 Å². The van der Waals surface area contributed by atoms with Crippen molar-refractivity contribution in [2.45, 2.75) is 12.5 Å². The lowest BCUT2D eigenvalue weighted by molar-refractivity contribution is 0.0700. The summed E-state index contributed by atoms with van der Waals surface area (Å²) in [6.07, 6.45) is 0.495. The molecule has 2 aromatic rings. The number of nitrogens with one attached hydrogen (secondary N) is 1. The third-order valence-corrected chi connectivity index (χ3v) is 4.17. The molecule has 6 heteroatoms. The Morgan fingerprint density at radius 1 is 1.43 bits per heavy atom. The molecule has 0 saturated carbocycles. The fourth-order valence-corrected chi connectivity index (χ4v) is 2.84. The highest BCUT2D eigenvalue weighted by Gasteiger charge is 2.23. The fourth-order valence-electron chi connectivity index (χ4n) is 2.19. The highest BCUT2D eigenvalue weighted by Crippen LogP contribution is 2.25. The van der Waals surface area contributed by atoms with Gasteiger partial charge in [0.1, 0.15) is 5.69 Å². The van der Waals surface area contributed by atoms with Crippen LogP contribution in [0, 0.1) is 0 Å². The van der Waals surface area contributed by atoms with Gasteiger partial charge in [-0.3, -0.25) is 4.79 Å². The average molecular weight is 305 g/mol. The average Bonchev–Trinajstić information content (AvgIpc) is 3.01. The monoisotopic (exact) mass is 305 g/mol. The molecule has 1 heterocycles. The number of hydrogen-bond donors (Lipinski definition) is 2. The fraction of sp³-hybridized carbons (Fsp3) is 0.333. The third-order valence-electron chi connectivity index (χ3n) is 3.31. The molecule has 21 heavy (non-hydrogen) atoms. The largest absolute Gasteiger partial charge is 0.396 e. The van der Waals surface area contributed by atoms with Crippen molar-refractivity contribution in [2.24, 2.45) is 0 Å². The summed E-state index contributed by atoms with van der Waals surface area (Å²) in [5.41, 5.74) is 1.43. The number of hydrogen-bond acceptors (Lipinski definition) is 5. The molecule has 1 atom stereocenters. The second-order valence-electron chi connectivity index (χ2n) is 4.64. The Bertz CT molecular complexity index is 586. The van der Waals surface area contributed by atoms with Gasteiger partial charge in [0.05, 0.1) is 6.04 Å². The van der Waals surface area contributed by atoms with Crippen LogP contribution in [-0.4, -0.2) is 41.6 Å². The summed E-state index contributed by atoms with van der Waals surface area (Å²) in [6.45, 7) is 0.0238. The molecule has 0 saturated heterocycles. The Hall–Kier alpha value is -1.92. The Morgan fingerprint density at radius 3 is 2.71 bits per heavy atom. The first-order valence-corrected chi connectivity index (χ1v) is 7.61. The molecular formula is C15H19N3O2S. The lowest BCUT2D eigenvalue weighted by atomic mass is 10.0. The van der Waals surface area contributed by atoms with E-state index in [2.05, 4.69) is 10.3 Å². The molecule has 0 unspecified atom stereocenters. The Labute approximate surface area is 128 Å². The highest BCUT2D eigenvalue weighted by molar-refractivity contribution is 7.13. The highest BCUT2D eigenvalue weighted by atomic mass is 32.1. The predicted octanol–water partition coefficient (Wildman–Crippen LogP) is 2.38. The Kier molecular flexibility index (Phi) is 5.30. The van der Waals surface area contributed by atoms with Gasteiger partial charge < -0.3 is 15.3 Å². The van der Waals surface area contributed by atoms with E-state index in [1.807, 2.05) is 30.3 Å². The number of aromatic nitrogens is 1. The Balaban J connectivity index is 2.21. The van der Waals surface area contributed by atoms with E-state index in [1.54, 1.807) is 24.4 Å². The Morgan fingerprint density at radius 2 is 2.14 bits per heavy atom. The lowest BCUT2D eigenvalue weighted by Crippen LogP contribution is -2.32. The molecule has 2 N–H and O–H groups in total. The van der Waals surface area contributed by atoms with Crippen molar-refractivity contribution < 1.29 is 9.90 Å². The van der Waals surface area contributed by atoms with E-state index in [1.165, 1.54) is 11.3 Å². The number of thiazole rings is 1. The molecule has 0 radical (unpaired) electrons. The van der Waals surface area contributed by atoms with E-state index in [0.717, 1.165) is 5.56 Å². The van der Waals surface area contributed by atoms with Crippen molar-refractivity contribution in [3.8, 4) is 0 Å². The number of aliphatic hydroxyl groups is 1. The van der Waals surface area contributed by atoms with E-state index < -0.39 is 0 Å². The molecule has 0 bridgehead atoms. The molecule has 2 rings (SSSR count). The summed E-state index contributed by atoms with van der Waals surface area (Å²) in [7, 11) is 3.52. The van der Waals surface area contributed by atoms with E-state index in [9.17, 15) is 9.90 Å². The number of carbonyl (C=O) groups excluding carboxylic acids is 1. The molecule has 0 fully saturated rings. The van der Waals surface area contributed by atoms with Crippen molar-refractivity contribution in [1.29, 1.82) is 0 Å². The summed E-state index contributed by atoms with van der Waals surface area (Å²) in [6, 6.07) is 9.55. The lowest BCUT2D eigenvalue weighted by Gasteiger charge is -2.27. The number of aliphatic hydroxyl groups excluding tert-OH is 1. The summed E-state index contributed by atoms with van der Waals surface area (Å²) in [5, 5.41) is 14.7. The van der Waals surface area contributed by atoms with Gasteiger partial charge in [0, 0.05) is 26.1 Å². The summed E-state index contributed by atoms with van der Waals surface area (Å²) >= 11 is 1.40. The quantitative estimate of drug-likeness (QED) is 0.860. The molecule has 1 aromatic heterocycles. The van der Waals surface area contributed by atoms with Gasteiger partial charge in [-0.25, -0.2) is 4.98 Å². The third kappa shape index (κ3) is 3.59. The maximum absolute atomic E-state index is 12.5. The summed E-state index contributed by atoms with van der Waals surface area (Å²) in [4.78, 5) is 18.4. The first kappa shape index (κ1) is 15.5. The van der Waals surface area contributed by atoms with Crippen molar-refractivity contribution in [1.82, 2.24) is 9.88 Å². The van der Waals surface area contributed by atoms with Crippen LogP contribution in [0.5, 0.6) is 0 Å². The van der Waals surface area contributed by atoms with Gasteiger partial charge in [0.15, 0.2) is 5.13 Å². The zero-order valence-electron chi connectivity index (χ0n) is 12.1. The van der Waals surface area contributed by atoms with Crippen LogP contribution in [0.15, 0.2) is 35.7 Å². The molecule has 0 aliphatic carbocycles. The molecule has 112 valence electrons. The minimum atomic E-state index is -0.163. The smallest absolute Gasteiger partial charge is 0.273 e. The molecule has 1 amide bonds. The number of amides is 1. The molecule has 1 aromatic carbocycles. The van der Waals surface area contributed by atoms with Crippen LogP contribution in [0.25, 0.3) is 0 Å². The van der Waals surface area contributed by atoms with Crippen LogP contribution >= 0.6 is 11.3 Å². The SMILES string of the molecule is CNc1nc(C(=O)N(C)[C@@H](CCO)c2ccccc2)cs1. The predicted molar refractivity (Wildman–Crippen MR) is 84.6 cm³/mol. The van der Waals surface area contributed by atoms with Gasteiger partial charge in [-0.15, -0.1) is 11.3 Å². The zero-order chi connectivity index (χ0) is 15.2.